The maximum Gasteiger partial charge on any atom is 0.177 e. The molecular weight excluding hydrogens is 345 g/mol. The van der Waals surface area contributed by atoms with Crippen LogP contribution in [0.5, 0.6) is 0 Å². The number of piperidine rings is 1. The lowest BCUT2D eigenvalue weighted by Gasteiger charge is -2.31. The van der Waals surface area contributed by atoms with Gasteiger partial charge in [-0.2, -0.15) is 4.80 Å². The Balaban J connectivity index is 1.64. The first kappa shape index (κ1) is 16.3. The first-order valence-electron chi connectivity index (χ1n) is 8.40. The van der Waals surface area contributed by atoms with Gasteiger partial charge in [-0.3, -0.25) is 0 Å². The summed E-state index contributed by atoms with van der Waals surface area (Å²) in [6.07, 6.45) is 2.21. The molecule has 2 fully saturated rings. The number of tetrazole rings is 1. The number of rotatable bonds is 4. The molecule has 1 saturated carbocycles. The van der Waals surface area contributed by atoms with Crippen LogP contribution in [0, 0.1) is 5.41 Å². The van der Waals surface area contributed by atoms with Gasteiger partial charge in [0.15, 0.2) is 5.82 Å². The quantitative estimate of drug-likeness (QED) is 0.901. The zero-order valence-corrected chi connectivity index (χ0v) is 15.4. The number of hydrogen-bond acceptors (Lipinski definition) is 4. The van der Waals surface area contributed by atoms with Gasteiger partial charge in [0.05, 0.1) is 16.6 Å². The van der Waals surface area contributed by atoms with Crippen molar-refractivity contribution in [2.45, 2.75) is 44.6 Å². The number of halogens is 2. The highest BCUT2D eigenvalue weighted by molar-refractivity contribution is 6.42. The Morgan fingerprint density at radius 1 is 1.29 bits per heavy atom. The van der Waals surface area contributed by atoms with Gasteiger partial charge in [-0.05, 0) is 42.3 Å². The Bertz CT molecular complexity index is 774. The Kier molecular flexibility index (Phi) is 3.86. The summed E-state index contributed by atoms with van der Waals surface area (Å²) in [6.45, 7) is 6.92. The van der Waals surface area contributed by atoms with Crippen LogP contribution in [0.25, 0.3) is 0 Å². The minimum atomic E-state index is 0.122. The molecule has 2 aromatic rings. The van der Waals surface area contributed by atoms with Gasteiger partial charge in [-0.1, -0.05) is 43.1 Å². The summed E-state index contributed by atoms with van der Waals surface area (Å²) in [5, 5.41) is 17.8. The highest BCUT2D eigenvalue weighted by atomic mass is 35.5. The van der Waals surface area contributed by atoms with E-state index >= 15 is 0 Å². The Labute approximate surface area is 151 Å². The van der Waals surface area contributed by atoms with Crippen molar-refractivity contribution in [2.75, 3.05) is 13.1 Å². The summed E-state index contributed by atoms with van der Waals surface area (Å²) in [5.41, 5.74) is 1.54. The molecule has 7 heteroatoms. The summed E-state index contributed by atoms with van der Waals surface area (Å²) in [4.78, 5) is 1.77. The molecule has 0 radical (unpaired) electrons. The predicted molar refractivity (Wildman–Crippen MR) is 94.6 cm³/mol. The van der Waals surface area contributed by atoms with Crippen LogP contribution >= 0.6 is 23.2 Å². The maximum absolute atomic E-state index is 6.27. The molecule has 1 aliphatic heterocycles. The van der Waals surface area contributed by atoms with Crippen LogP contribution in [0.3, 0.4) is 0 Å². The van der Waals surface area contributed by atoms with Crippen molar-refractivity contribution in [3.63, 3.8) is 0 Å². The molecule has 1 aliphatic carbocycles. The highest BCUT2D eigenvalue weighted by Crippen LogP contribution is 2.68. The van der Waals surface area contributed by atoms with Gasteiger partial charge >= 0.3 is 0 Å². The van der Waals surface area contributed by atoms with Gasteiger partial charge in [0.25, 0.3) is 0 Å². The number of fused-ring (bicyclic) bond motifs is 1. The Morgan fingerprint density at radius 3 is 2.83 bits per heavy atom. The largest absolute Gasteiger partial charge is 0.316 e. The van der Waals surface area contributed by atoms with Crippen LogP contribution in [-0.2, 0) is 12.0 Å². The first-order chi connectivity index (χ1) is 11.5. The lowest BCUT2D eigenvalue weighted by atomic mass is 9.81. The highest BCUT2D eigenvalue weighted by Gasteiger charge is 2.68. The molecule has 1 saturated heterocycles. The number of hydrogen-bond donors (Lipinski definition) is 1. The molecule has 4 rings (SSSR count). The molecule has 0 amide bonds. The summed E-state index contributed by atoms with van der Waals surface area (Å²) < 4.78 is 0. The van der Waals surface area contributed by atoms with Gasteiger partial charge < -0.3 is 5.32 Å². The minimum Gasteiger partial charge on any atom is -0.316 e. The lowest BCUT2D eigenvalue weighted by molar-refractivity contribution is 0.260. The van der Waals surface area contributed by atoms with Gasteiger partial charge in [0, 0.05) is 23.3 Å². The van der Waals surface area contributed by atoms with Crippen molar-refractivity contribution in [1.82, 2.24) is 25.5 Å². The minimum absolute atomic E-state index is 0.122. The van der Waals surface area contributed by atoms with E-state index in [-0.39, 0.29) is 10.8 Å². The Morgan fingerprint density at radius 2 is 2.12 bits per heavy atom. The molecule has 1 aromatic carbocycles. The van der Waals surface area contributed by atoms with E-state index in [1.807, 2.05) is 12.1 Å². The van der Waals surface area contributed by atoms with Crippen molar-refractivity contribution >= 4 is 23.2 Å². The molecule has 5 nitrogen and oxygen atoms in total. The molecule has 128 valence electrons. The van der Waals surface area contributed by atoms with E-state index in [0.717, 1.165) is 38.3 Å². The van der Waals surface area contributed by atoms with Crippen molar-refractivity contribution in [3.05, 3.63) is 39.6 Å². The molecule has 0 bridgehead atoms. The average molecular weight is 366 g/mol. The maximum atomic E-state index is 6.27. The second-order valence-corrected chi connectivity index (χ2v) is 8.24. The molecule has 1 aromatic heterocycles. The molecule has 0 unspecified atom stereocenters. The van der Waals surface area contributed by atoms with E-state index in [4.69, 9.17) is 23.2 Å². The van der Waals surface area contributed by atoms with Gasteiger partial charge in [-0.25, -0.2) is 0 Å². The predicted octanol–water partition coefficient (Wildman–Crippen LogP) is 3.42. The van der Waals surface area contributed by atoms with E-state index in [2.05, 4.69) is 40.6 Å². The van der Waals surface area contributed by atoms with E-state index in [1.165, 1.54) is 5.56 Å². The van der Waals surface area contributed by atoms with Gasteiger partial charge in [0.1, 0.15) is 0 Å². The molecule has 2 atom stereocenters. The molecule has 0 spiro atoms. The second kappa shape index (κ2) is 5.68. The fourth-order valence-corrected chi connectivity index (χ4v) is 4.48. The number of nitrogens with zero attached hydrogens (tertiary/aromatic N) is 4. The average Bonchev–Trinajstić information content (AvgIpc) is 3.00. The van der Waals surface area contributed by atoms with Crippen LogP contribution < -0.4 is 5.32 Å². The Hall–Kier alpha value is -1.17. The topological polar surface area (TPSA) is 55.6 Å². The molecule has 2 heterocycles. The van der Waals surface area contributed by atoms with Crippen molar-refractivity contribution in [3.8, 4) is 0 Å². The second-order valence-electron chi connectivity index (χ2n) is 7.43. The lowest BCUT2D eigenvalue weighted by Crippen LogP contribution is -2.41. The van der Waals surface area contributed by atoms with Crippen LogP contribution in [0.2, 0.25) is 10.0 Å². The SMILES string of the molecule is CC(C)c1nnn(C[C@@]23CNCC[C@@]2(c2ccc(Cl)c(Cl)c2)C3)n1. The van der Waals surface area contributed by atoms with Crippen LogP contribution in [0.4, 0.5) is 0 Å². The zero-order chi connectivity index (χ0) is 16.9. The van der Waals surface area contributed by atoms with E-state index in [1.54, 1.807) is 4.80 Å². The standard InChI is InChI=1S/C17H21Cl2N5/c1-11(2)15-21-23-24(22-15)10-16-8-17(16,5-6-20-9-16)12-3-4-13(18)14(19)7-12/h3-4,7,11,20H,5-6,8-10H2,1-2H3/t16-,17+/m1/s1. The van der Waals surface area contributed by atoms with Crippen LogP contribution in [0.15, 0.2) is 18.2 Å². The summed E-state index contributed by atoms with van der Waals surface area (Å²) >= 11 is 12.4. The van der Waals surface area contributed by atoms with Crippen LogP contribution in [0.1, 0.15) is 44.0 Å². The monoisotopic (exact) mass is 365 g/mol. The third kappa shape index (κ3) is 2.45. The fourth-order valence-electron chi connectivity index (χ4n) is 4.18. The van der Waals surface area contributed by atoms with Crippen molar-refractivity contribution in [1.29, 1.82) is 0 Å². The summed E-state index contributed by atoms with van der Waals surface area (Å²) in [5.74, 6) is 1.09. The smallest absolute Gasteiger partial charge is 0.177 e. The van der Waals surface area contributed by atoms with E-state index in [0.29, 0.717) is 16.0 Å². The third-order valence-corrected chi connectivity index (χ3v) is 6.36. The normalized spacial score (nSPS) is 28.9. The fraction of sp³-hybridized carbons (Fsp3) is 0.588. The summed E-state index contributed by atoms with van der Waals surface area (Å²) in [6, 6.07) is 6.06. The number of benzene rings is 1. The van der Waals surface area contributed by atoms with Crippen LogP contribution in [-0.4, -0.2) is 33.3 Å². The van der Waals surface area contributed by atoms with E-state index < -0.39 is 0 Å². The molecule has 1 N–H and O–H groups in total. The van der Waals surface area contributed by atoms with E-state index in [9.17, 15) is 0 Å². The zero-order valence-electron chi connectivity index (χ0n) is 13.9. The van der Waals surface area contributed by atoms with Gasteiger partial charge in [0.2, 0.25) is 0 Å². The third-order valence-electron chi connectivity index (χ3n) is 5.62. The van der Waals surface area contributed by atoms with Gasteiger partial charge in [-0.15, -0.1) is 10.2 Å². The molecule has 24 heavy (non-hydrogen) atoms. The van der Waals surface area contributed by atoms with Crippen molar-refractivity contribution in [2.24, 2.45) is 5.41 Å². The molecule has 2 aliphatic rings. The first-order valence-corrected chi connectivity index (χ1v) is 9.15. The summed E-state index contributed by atoms with van der Waals surface area (Å²) in [7, 11) is 0. The van der Waals surface area contributed by atoms with Crippen molar-refractivity contribution < 1.29 is 0 Å². The molecular formula is C17H21Cl2N5. The number of aromatic nitrogens is 4. The number of nitrogens with one attached hydrogen (secondary N) is 1.